The van der Waals surface area contributed by atoms with E-state index < -0.39 is 0 Å². The molecule has 0 unspecified atom stereocenters. The Bertz CT molecular complexity index is 13.6. The molecule has 0 aromatic heterocycles. The predicted molar refractivity (Wildman–Crippen MR) is 0 cm³/mol. The van der Waals surface area contributed by atoms with Crippen molar-refractivity contribution >= 4 is 0 Å². The first kappa shape index (κ1) is 359. The van der Waals surface area contributed by atoms with Crippen LogP contribution in [0, 0.1) is 0 Å². The normalized spacial score (nSPS) is 0. The van der Waals surface area contributed by atoms with Gasteiger partial charge >= 0.3 is 75.2 Å². The zero-order valence-electron chi connectivity index (χ0n) is 4.85. The van der Waals surface area contributed by atoms with Crippen LogP contribution >= 0.6 is 0 Å². The molecule has 0 aliphatic heterocycles. The predicted octanol–water partition coefficient (Wildman–Crippen LogP) is -24.0. The van der Waals surface area contributed by atoms with Crippen molar-refractivity contribution in [2.45, 2.75) is 0 Å². The Kier molecular flexibility index (Phi) is 9750. The first-order valence-corrected chi connectivity index (χ1v) is 0. The Hall–Kier alpha value is 2.02. The minimum Gasteiger partial charge on any atom is -1.00 e. The summed E-state index contributed by atoms with van der Waals surface area (Å²) < 4.78 is 0. The van der Waals surface area contributed by atoms with Gasteiger partial charge in [-0.15, -0.1) is 0 Å². The van der Waals surface area contributed by atoms with Crippen molar-refractivity contribution in [3.05, 3.63) is 0 Å². The molecule has 0 saturated carbocycles. The Morgan fingerprint density at radius 1 is 0.400 bits per heavy atom. The van der Waals surface area contributed by atoms with Crippen molar-refractivity contribution in [3.8, 4) is 0 Å². The van der Waals surface area contributed by atoms with E-state index in [-0.39, 0.29) is 108 Å². The topological polar surface area (TPSA) is 0 Å². The molecule has 0 N–H and O–H groups in total. The molecule has 0 aromatic rings. The Morgan fingerprint density at radius 2 is 0.400 bits per heavy atom. The Balaban J connectivity index is 0. The molecule has 0 amide bonds. The van der Waals surface area contributed by atoms with Crippen LogP contribution in [0.25, 0.3) is 0 Å². The summed E-state index contributed by atoms with van der Waals surface area (Å²) in [5.41, 5.74) is 0. The van der Waals surface area contributed by atoms with Gasteiger partial charge in [-0.1, -0.05) is 0 Å². The van der Waals surface area contributed by atoms with E-state index in [0.717, 1.165) is 0 Å². The third-order valence-corrected chi connectivity index (χ3v) is 0. The van der Waals surface area contributed by atoms with Crippen molar-refractivity contribution in [2.24, 2.45) is 0 Å². The van der Waals surface area contributed by atoms with Crippen LogP contribution in [0.4, 0.5) is 0 Å². The second kappa shape index (κ2) is 272. The molecule has 56 valence electrons. The number of hydrogen-bond donors (Lipinski definition) is 0. The molecule has 0 saturated heterocycles. The molecule has 0 radical (unpaired) electrons. The quantitative estimate of drug-likeness (QED) is 0.308. The largest absolute Gasteiger partial charge is 4.00 e. The molecule has 0 nitrogen and oxygen atoms in total. The van der Waals surface area contributed by atoms with Gasteiger partial charge in [0.25, 0.3) is 0 Å². The average molecular weight is 313 g/mol. The molecular formula is F7NaZnZr. The van der Waals surface area contributed by atoms with Crippen LogP contribution in [0.3, 0.4) is 0 Å². The van der Waals surface area contributed by atoms with Crippen LogP contribution in [0.1, 0.15) is 0 Å². The Morgan fingerprint density at radius 3 is 0.400 bits per heavy atom. The maximum absolute atomic E-state index is 0. The zero-order chi connectivity index (χ0) is 0. The standard InChI is InChI=1S/7FH.Na.Zn.Zr/h7*1H;;;/q;;;;;;;+1;+2;+4/p-7. The summed E-state index contributed by atoms with van der Waals surface area (Å²) >= 11 is 0. The summed E-state index contributed by atoms with van der Waals surface area (Å²) in [5, 5.41) is 0. The Labute approximate surface area is 107 Å². The molecule has 10 heavy (non-hydrogen) atoms. The molecule has 10 heteroatoms. The van der Waals surface area contributed by atoms with Gasteiger partial charge in [-0.25, -0.2) is 0 Å². The molecule has 0 heterocycles. The molecule has 0 atom stereocenters. The number of halogens is 7. The second-order valence-corrected chi connectivity index (χ2v) is 0. The van der Waals surface area contributed by atoms with E-state index in [1.807, 2.05) is 0 Å². The third-order valence-electron chi connectivity index (χ3n) is 0. The summed E-state index contributed by atoms with van der Waals surface area (Å²) in [6, 6.07) is 0. The van der Waals surface area contributed by atoms with E-state index in [0.29, 0.717) is 0 Å². The molecule has 0 aliphatic carbocycles. The van der Waals surface area contributed by atoms with Crippen LogP contribution in [0.2, 0.25) is 0 Å². The molecular weight excluding hydrogens is 313 g/mol. The minimum atomic E-state index is 0. The molecule has 0 bridgehead atoms. The first-order valence-electron chi connectivity index (χ1n) is 0. The summed E-state index contributed by atoms with van der Waals surface area (Å²) in [6.07, 6.45) is 0. The van der Waals surface area contributed by atoms with Crippen LogP contribution < -0.4 is 62.5 Å². The van der Waals surface area contributed by atoms with E-state index in [1.165, 1.54) is 0 Å². The van der Waals surface area contributed by atoms with E-state index in [9.17, 15) is 0 Å². The van der Waals surface area contributed by atoms with E-state index in [4.69, 9.17) is 0 Å². The van der Waals surface area contributed by atoms with Gasteiger partial charge in [0.1, 0.15) is 0 Å². The van der Waals surface area contributed by atoms with Gasteiger partial charge in [0.05, 0.1) is 0 Å². The van der Waals surface area contributed by atoms with Gasteiger partial charge in [0.2, 0.25) is 0 Å². The van der Waals surface area contributed by atoms with Crippen molar-refractivity contribution in [1.29, 1.82) is 0 Å². The zero-order valence-corrected chi connectivity index (χ0v) is 12.3. The maximum atomic E-state index is 0. The van der Waals surface area contributed by atoms with E-state index in [1.54, 1.807) is 0 Å². The molecule has 0 spiro atoms. The van der Waals surface area contributed by atoms with Crippen molar-refractivity contribution in [2.75, 3.05) is 0 Å². The van der Waals surface area contributed by atoms with Crippen LogP contribution in [0.5, 0.6) is 0 Å². The summed E-state index contributed by atoms with van der Waals surface area (Å²) in [6.45, 7) is 0. The minimum absolute atomic E-state index is 0. The first-order chi connectivity index (χ1) is 0. The monoisotopic (exact) mass is 310 g/mol. The van der Waals surface area contributed by atoms with Crippen LogP contribution in [0.15, 0.2) is 0 Å². The number of hydrogen-bond acceptors (Lipinski definition) is 0. The van der Waals surface area contributed by atoms with E-state index >= 15 is 0 Å². The molecule has 0 fully saturated rings. The summed E-state index contributed by atoms with van der Waals surface area (Å²) in [7, 11) is 0. The van der Waals surface area contributed by atoms with Gasteiger partial charge in [-0.3, -0.25) is 0 Å². The van der Waals surface area contributed by atoms with E-state index in [2.05, 4.69) is 0 Å². The molecule has 0 aromatic carbocycles. The fraction of sp³-hybridized carbons (Fsp3) is 0. The molecule has 0 aliphatic rings. The van der Waals surface area contributed by atoms with Gasteiger partial charge in [0.15, 0.2) is 0 Å². The second-order valence-electron chi connectivity index (χ2n) is 0. The van der Waals surface area contributed by atoms with Gasteiger partial charge in [-0.05, 0) is 0 Å². The van der Waals surface area contributed by atoms with Gasteiger partial charge < -0.3 is 32.9 Å². The summed E-state index contributed by atoms with van der Waals surface area (Å²) in [4.78, 5) is 0. The molecule has 0 rings (SSSR count). The fourth-order valence-electron chi connectivity index (χ4n) is 0. The maximum Gasteiger partial charge on any atom is 4.00 e. The van der Waals surface area contributed by atoms with Crippen LogP contribution in [-0.2, 0) is 45.7 Å². The summed E-state index contributed by atoms with van der Waals surface area (Å²) in [5.74, 6) is 0. The van der Waals surface area contributed by atoms with Crippen molar-refractivity contribution in [3.63, 3.8) is 0 Å². The van der Waals surface area contributed by atoms with Crippen LogP contribution in [-0.4, -0.2) is 0 Å². The van der Waals surface area contributed by atoms with Gasteiger partial charge in [-0.2, -0.15) is 0 Å². The number of rotatable bonds is 0. The third kappa shape index (κ3) is 200. The van der Waals surface area contributed by atoms with Crippen molar-refractivity contribution in [1.82, 2.24) is 0 Å². The fourth-order valence-corrected chi connectivity index (χ4v) is 0. The SMILES string of the molecule is [F-].[F-].[F-].[F-].[F-].[F-].[F-].[Na+].[Zn+2].[Zr+4]. The van der Waals surface area contributed by atoms with Gasteiger partial charge in [0, 0.05) is 0 Å². The average Bonchev–Trinajstić information content (AvgIpc) is 0. The smallest absolute Gasteiger partial charge is 1.00 e. The van der Waals surface area contributed by atoms with Crippen molar-refractivity contribution < 1.29 is 108 Å².